The fourth-order valence-electron chi connectivity index (χ4n) is 2.75. The molecule has 0 aliphatic heterocycles. The summed E-state index contributed by atoms with van der Waals surface area (Å²) in [5.41, 5.74) is 2.32. The lowest BCUT2D eigenvalue weighted by Crippen LogP contribution is -2.49. The highest BCUT2D eigenvalue weighted by atomic mass is 16.2. The summed E-state index contributed by atoms with van der Waals surface area (Å²) in [4.78, 5) is 25.1. The van der Waals surface area contributed by atoms with E-state index >= 15 is 0 Å². The Kier molecular flexibility index (Phi) is 5.49. The van der Waals surface area contributed by atoms with E-state index in [0.29, 0.717) is 11.4 Å². The van der Waals surface area contributed by atoms with Gasteiger partial charge in [-0.25, -0.2) is 0 Å². The summed E-state index contributed by atoms with van der Waals surface area (Å²) in [7, 11) is 0. The van der Waals surface area contributed by atoms with Crippen molar-refractivity contribution in [1.29, 1.82) is 0 Å². The molecule has 0 aliphatic carbocycles. The number of carbonyl (C=O) groups is 2. The van der Waals surface area contributed by atoms with Gasteiger partial charge in [-0.3, -0.25) is 14.0 Å². The Morgan fingerprint density at radius 3 is 2.52 bits per heavy atom. The van der Waals surface area contributed by atoms with Crippen molar-refractivity contribution in [2.75, 3.05) is 0 Å². The van der Waals surface area contributed by atoms with Gasteiger partial charge < -0.3 is 10.6 Å². The van der Waals surface area contributed by atoms with Crippen molar-refractivity contribution < 1.29 is 9.59 Å². The van der Waals surface area contributed by atoms with E-state index in [1.165, 1.54) is 0 Å². The smallest absolute Gasteiger partial charge is 0.251 e. The summed E-state index contributed by atoms with van der Waals surface area (Å²) in [5.74, 6) is 0.0516. The number of nitrogens with zero attached hydrogens (tertiary/aromatic N) is 3. The standard InChI is InChI=1S/C20H23N5O2/c1-13(2)18(22-19(26)15-9-7-14(3)8-10-15)20(27)21-12-17-24-23-16-6-4-5-11-25(16)17/h4-11,13,18H,12H2,1-3H3,(H,21,27)(H,22,26). The molecular weight excluding hydrogens is 342 g/mol. The van der Waals surface area contributed by atoms with Gasteiger partial charge in [-0.1, -0.05) is 37.6 Å². The van der Waals surface area contributed by atoms with Crippen molar-refractivity contribution in [3.63, 3.8) is 0 Å². The lowest BCUT2D eigenvalue weighted by molar-refractivity contribution is -0.124. The van der Waals surface area contributed by atoms with Crippen LogP contribution in [0.15, 0.2) is 48.7 Å². The number of fused-ring (bicyclic) bond motifs is 1. The highest BCUT2D eigenvalue weighted by molar-refractivity contribution is 5.97. The van der Waals surface area contributed by atoms with Gasteiger partial charge in [-0.15, -0.1) is 10.2 Å². The predicted molar refractivity (Wildman–Crippen MR) is 102 cm³/mol. The SMILES string of the molecule is Cc1ccc(C(=O)NC(C(=O)NCc2nnc3ccccn23)C(C)C)cc1. The van der Waals surface area contributed by atoms with Crippen LogP contribution in [0.2, 0.25) is 0 Å². The van der Waals surface area contributed by atoms with E-state index in [1.807, 2.05) is 61.7 Å². The molecule has 0 spiro atoms. The van der Waals surface area contributed by atoms with Crippen molar-refractivity contribution in [2.24, 2.45) is 5.92 Å². The van der Waals surface area contributed by atoms with Gasteiger partial charge in [0, 0.05) is 11.8 Å². The first-order valence-electron chi connectivity index (χ1n) is 8.89. The molecule has 0 saturated heterocycles. The maximum Gasteiger partial charge on any atom is 0.251 e. The first-order chi connectivity index (χ1) is 13.0. The van der Waals surface area contributed by atoms with Gasteiger partial charge in [0.1, 0.15) is 6.04 Å². The summed E-state index contributed by atoms with van der Waals surface area (Å²) in [6, 6.07) is 12.2. The highest BCUT2D eigenvalue weighted by Gasteiger charge is 2.24. The van der Waals surface area contributed by atoms with Crippen molar-refractivity contribution in [1.82, 2.24) is 25.2 Å². The molecule has 7 heteroatoms. The number of rotatable bonds is 6. The lowest BCUT2D eigenvalue weighted by atomic mass is 10.0. The Balaban J connectivity index is 1.66. The molecule has 0 fully saturated rings. The minimum Gasteiger partial charge on any atom is -0.347 e. The number of aryl methyl sites for hydroxylation is 1. The quantitative estimate of drug-likeness (QED) is 0.700. The van der Waals surface area contributed by atoms with Crippen molar-refractivity contribution in [3.05, 3.63) is 65.6 Å². The summed E-state index contributed by atoms with van der Waals surface area (Å²) in [5, 5.41) is 13.8. The highest BCUT2D eigenvalue weighted by Crippen LogP contribution is 2.08. The molecule has 2 heterocycles. The molecule has 1 unspecified atom stereocenters. The molecule has 3 rings (SSSR count). The normalized spacial score (nSPS) is 12.1. The van der Waals surface area contributed by atoms with Crippen LogP contribution in [0.5, 0.6) is 0 Å². The van der Waals surface area contributed by atoms with Gasteiger partial charge in [-0.2, -0.15) is 0 Å². The molecular formula is C20H23N5O2. The molecule has 1 atom stereocenters. The Morgan fingerprint density at radius 2 is 1.81 bits per heavy atom. The third kappa shape index (κ3) is 4.31. The second-order valence-corrected chi connectivity index (χ2v) is 6.82. The number of benzene rings is 1. The molecule has 27 heavy (non-hydrogen) atoms. The van der Waals surface area contributed by atoms with Crippen LogP contribution in [-0.4, -0.2) is 32.5 Å². The molecule has 0 radical (unpaired) electrons. The van der Waals surface area contributed by atoms with Crippen molar-refractivity contribution in [2.45, 2.75) is 33.4 Å². The number of pyridine rings is 1. The second kappa shape index (κ2) is 7.99. The molecule has 0 saturated carbocycles. The number of amides is 2. The largest absolute Gasteiger partial charge is 0.347 e. The molecule has 0 bridgehead atoms. The molecule has 2 aromatic heterocycles. The van der Waals surface area contributed by atoms with Crippen LogP contribution in [0.3, 0.4) is 0 Å². The Bertz CT molecular complexity index is 946. The van der Waals surface area contributed by atoms with E-state index < -0.39 is 6.04 Å². The van der Waals surface area contributed by atoms with Gasteiger partial charge in [-0.05, 0) is 37.1 Å². The van der Waals surface area contributed by atoms with E-state index in [4.69, 9.17) is 0 Å². The van der Waals surface area contributed by atoms with Gasteiger partial charge in [0.25, 0.3) is 5.91 Å². The van der Waals surface area contributed by atoms with Crippen LogP contribution in [0.25, 0.3) is 5.65 Å². The zero-order chi connectivity index (χ0) is 19.4. The van der Waals surface area contributed by atoms with Crippen LogP contribution in [0.1, 0.15) is 35.6 Å². The first-order valence-corrected chi connectivity index (χ1v) is 8.89. The van der Waals surface area contributed by atoms with Gasteiger partial charge in [0.05, 0.1) is 6.54 Å². The van der Waals surface area contributed by atoms with E-state index in [0.717, 1.165) is 11.2 Å². The summed E-state index contributed by atoms with van der Waals surface area (Å²) in [6.07, 6.45) is 1.84. The summed E-state index contributed by atoms with van der Waals surface area (Å²) in [6.45, 7) is 5.98. The van der Waals surface area contributed by atoms with Crippen LogP contribution < -0.4 is 10.6 Å². The van der Waals surface area contributed by atoms with E-state index in [9.17, 15) is 9.59 Å². The number of aromatic nitrogens is 3. The first kappa shape index (κ1) is 18.6. The Hall–Kier alpha value is -3.22. The Labute approximate surface area is 157 Å². The Morgan fingerprint density at radius 1 is 1.07 bits per heavy atom. The van der Waals surface area contributed by atoms with E-state index in [-0.39, 0.29) is 24.3 Å². The summed E-state index contributed by atoms with van der Waals surface area (Å²) >= 11 is 0. The van der Waals surface area contributed by atoms with Gasteiger partial charge in [0.2, 0.25) is 5.91 Å². The fourth-order valence-corrected chi connectivity index (χ4v) is 2.75. The minimum absolute atomic E-state index is 0.0606. The minimum atomic E-state index is -0.641. The van der Waals surface area contributed by atoms with Crippen LogP contribution in [0, 0.1) is 12.8 Å². The average molecular weight is 365 g/mol. The zero-order valence-corrected chi connectivity index (χ0v) is 15.6. The van der Waals surface area contributed by atoms with Crippen LogP contribution >= 0.6 is 0 Å². The number of hydrogen-bond donors (Lipinski definition) is 2. The second-order valence-electron chi connectivity index (χ2n) is 6.82. The molecule has 2 amide bonds. The monoisotopic (exact) mass is 365 g/mol. The lowest BCUT2D eigenvalue weighted by Gasteiger charge is -2.21. The molecule has 140 valence electrons. The van der Waals surface area contributed by atoms with Crippen molar-refractivity contribution in [3.8, 4) is 0 Å². The third-order valence-corrected chi connectivity index (χ3v) is 4.35. The van der Waals surface area contributed by atoms with E-state index in [1.54, 1.807) is 12.1 Å². The number of carbonyl (C=O) groups excluding carboxylic acids is 2. The molecule has 0 aliphatic rings. The van der Waals surface area contributed by atoms with Crippen molar-refractivity contribution >= 4 is 17.5 Å². The fraction of sp³-hybridized carbons (Fsp3) is 0.300. The maximum atomic E-state index is 12.7. The zero-order valence-electron chi connectivity index (χ0n) is 15.6. The van der Waals surface area contributed by atoms with Crippen LogP contribution in [-0.2, 0) is 11.3 Å². The molecule has 7 nitrogen and oxygen atoms in total. The van der Waals surface area contributed by atoms with Crippen LogP contribution in [0.4, 0.5) is 0 Å². The molecule has 2 N–H and O–H groups in total. The predicted octanol–water partition coefficient (Wildman–Crippen LogP) is 2.11. The molecule has 3 aromatic rings. The van der Waals surface area contributed by atoms with Gasteiger partial charge in [0.15, 0.2) is 11.5 Å². The topological polar surface area (TPSA) is 88.4 Å². The average Bonchev–Trinajstić information content (AvgIpc) is 3.07. The number of nitrogens with one attached hydrogen (secondary N) is 2. The van der Waals surface area contributed by atoms with Gasteiger partial charge >= 0.3 is 0 Å². The third-order valence-electron chi connectivity index (χ3n) is 4.35. The molecule has 1 aromatic carbocycles. The maximum absolute atomic E-state index is 12.7. The number of hydrogen-bond acceptors (Lipinski definition) is 4. The summed E-state index contributed by atoms with van der Waals surface area (Å²) < 4.78 is 1.82. The van der Waals surface area contributed by atoms with E-state index in [2.05, 4.69) is 20.8 Å².